The van der Waals surface area contributed by atoms with Crippen molar-refractivity contribution in [2.45, 2.75) is 38.1 Å². The fraction of sp³-hybridized carbons (Fsp3) is 0.438. The summed E-state index contributed by atoms with van der Waals surface area (Å²) in [6.45, 7) is 0.318. The standard InChI is InChI=1S/C16H20N4O2S/c21-15(6-8-17-16(22)12-7-10-23-11-12)19-14-5-9-18-20(14)13-3-1-2-4-13/h5,7,9-11,13H,1-4,6,8H2,(H,17,22)(H,19,21). The lowest BCUT2D eigenvalue weighted by atomic mass is 10.2. The van der Waals surface area contributed by atoms with Gasteiger partial charge in [0.05, 0.1) is 12.2 Å². The molecule has 1 fully saturated rings. The molecular formula is C16H20N4O2S. The van der Waals surface area contributed by atoms with Crippen LogP contribution in [0.4, 0.5) is 5.82 Å². The zero-order valence-corrected chi connectivity index (χ0v) is 13.6. The van der Waals surface area contributed by atoms with Crippen LogP contribution in [0.1, 0.15) is 48.5 Å². The lowest BCUT2D eigenvalue weighted by Crippen LogP contribution is -2.27. The van der Waals surface area contributed by atoms with Crippen LogP contribution in [0, 0.1) is 0 Å². The van der Waals surface area contributed by atoms with E-state index >= 15 is 0 Å². The van der Waals surface area contributed by atoms with Crippen molar-refractivity contribution >= 4 is 29.0 Å². The van der Waals surface area contributed by atoms with Gasteiger partial charge in [0, 0.05) is 30.0 Å². The first-order valence-corrected chi connectivity index (χ1v) is 8.82. The average Bonchev–Trinajstić information content (AvgIpc) is 3.29. The summed E-state index contributed by atoms with van der Waals surface area (Å²) in [7, 11) is 0. The number of aromatic nitrogens is 2. The number of anilines is 1. The largest absolute Gasteiger partial charge is 0.351 e. The Morgan fingerprint density at radius 2 is 2.13 bits per heavy atom. The van der Waals surface area contributed by atoms with Gasteiger partial charge in [-0.05, 0) is 24.3 Å². The minimum Gasteiger partial charge on any atom is -0.351 e. The molecule has 0 bridgehead atoms. The van der Waals surface area contributed by atoms with Crippen molar-refractivity contribution in [1.82, 2.24) is 15.1 Å². The molecule has 3 rings (SSSR count). The van der Waals surface area contributed by atoms with Gasteiger partial charge < -0.3 is 10.6 Å². The van der Waals surface area contributed by atoms with Crippen LogP contribution < -0.4 is 10.6 Å². The van der Waals surface area contributed by atoms with E-state index in [0.29, 0.717) is 18.2 Å². The van der Waals surface area contributed by atoms with Crippen molar-refractivity contribution in [3.05, 3.63) is 34.7 Å². The summed E-state index contributed by atoms with van der Waals surface area (Å²) in [5.74, 6) is 0.483. The topological polar surface area (TPSA) is 76.0 Å². The Balaban J connectivity index is 1.46. The van der Waals surface area contributed by atoms with E-state index in [9.17, 15) is 9.59 Å². The molecule has 0 aromatic carbocycles. The monoisotopic (exact) mass is 332 g/mol. The summed E-state index contributed by atoms with van der Waals surface area (Å²) in [5.41, 5.74) is 0.634. The van der Waals surface area contributed by atoms with Crippen molar-refractivity contribution in [3.63, 3.8) is 0 Å². The van der Waals surface area contributed by atoms with Gasteiger partial charge in [0.15, 0.2) is 0 Å². The zero-order valence-electron chi connectivity index (χ0n) is 12.8. The molecule has 122 valence electrons. The lowest BCUT2D eigenvalue weighted by Gasteiger charge is -2.14. The molecule has 1 aliphatic carbocycles. The van der Waals surface area contributed by atoms with Crippen molar-refractivity contribution < 1.29 is 9.59 Å². The van der Waals surface area contributed by atoms with Gasteiger partial charge in [-0.2, -0.15) is 16.4 Å². The Labute approximate surface area is 138 Å². The van der Waals surface area contributed by atoms with Crippen LogP contribution in [0.5, 0.6) is 0 Å². The molecule has 0 aliphatic heterocycles. The van der Waals surface area contributed by atoms with Gasteiger partial charge in [-0.3, -0.25) is 9.59 Å². The van der Waals surface area contributed by atoms with Crippen LogP contribution in [0.3, 0.4) is 0 Å². The Hall–Kier alpha value is -2.15. The number of carbonyl (C=O) groups excluding carboxylic acids is 2. The highest BCUT2D eigenvalue weighted by Gasteiger charge is 2.20. The highest BCUT2D eigenvalue weighted by Crippen LogP contribution is 2.31. The number of thiophene rings is 1. The van der Waals surface area contributed by atoms with E-state index in [1.54, 1.807) is 17.6 Å². The Morgan fingerprint density at radius 3 is 2.87 bits per heavy atom. The minimum absolute atomic E-state index is 0.115. The number of nitrogens with zero attached hydrogens (tertiary/aromatic N) is 2. The number of hydrogen-bond donors (Lipinski definition) is 2. The molecule has 2 aromatic heterocycles. The number of carbonyl (C=O) groups is 2. The molecule has 2 heterocycles. The Bertz CT molecular complexity index is 659. The molecule has 2 amide bonds. The van der Waals surface area contributed by atoms with Gasteiger partial charge >= 0.3 is 0 Å². The van der Waals surface area contributed by atoms with Gasteiger partial charge in [0.25, 0.3) is 5.91 Å². The van der Waals surface area contributed by atoms with E-state index in [4.69, 9.17) is 0 Å². The third kappa shape index (κ3) is 3.98. The van der Waals surface area contributed by atoms with Gasteiger partial charge in [0.1, 0.15) is 5.82 Å². The predicted octanol–water partition coefficient (Wildman–Crippen LogP) is 2.82. The summed E-state index contributed by atoms with van der Waals surface area (Å²) < 4.78 is 1.91. The molecule has 7 heteroatoms. The summed E-state index contributed by atoms with van der Waals surface area (Å²) in [5, 5.41) is 13.6. The molecular weight excluding hydrogens is 312 g/mol. The summed E-state index contributed by atoms with van der Waals surface area (Å²) in [6.07, 6.45) is 6.61. The number of amides is 2. The molecule has 6 nitrogen and oxygen atoms in total. The van der Waals surface area contributed by atoms with E-state index in [2.05, 4.69) is 15.7 Å². The van der Waals surface area contributed by atoms with Crippen molar-refractivity contribution in [2.75, 3.05) is 11.9 Å². The molecule has 2 aromatic rings. The van der Waals surface area contributed by atoms with Crippen molar-refractivity contribution in [3.8, 4) is 0 Å². The highest BCUT2D eigenvalue weighted by molar-refractivity contribution is 7.08. The predicted molar refractivity (Wildman–Crippen MR) is 89.6 cm³/mol. The molecule has 0 unspecified atom stereocenters. The van der Waals surface area contributed by atoms with E-state index in [0.717, 1.165) is 18.7 Å². The average molecular weight is 332 g/mol. The first kappa shape index (κ1) is 15.7. The number of hydrogen-bond acceptors (Lipinski definition) is 4. The van der Waals surface area contributed by atoms with Crippen LogP contribution in [-0.4, -0.2) is 28.1 Å². The number of rotatable bonds is 6. The minimum atomic E-state index is -0.143. The fourth-order valence-electron chi connectivity index (χ4n) is 2.84. The fourth-order valence-corrected chi connectivity index (χ4v) is 3.48. The van der Waals surface area contributed by atoms with Crippen LogP contribution in [0.2, 0.25) is 0 Å². The molecule has 1 saturated carbocycles. The van der Waals surface area contributed by atoms with E-state index in [-0.39, 0.29) is 18.2 Å². The molecule has 0 atom stereocenters. The molecule has 23 heavy (non-hydrogen) atoms. The van der Waals surface area contributed by atoms with E-state index in [1.165, 1.54) is 24.2 Å². The quantitative estimate of drug-likeness (QED) is 0.854. The Morgan fingerprint density at radius 1 is 1.30 bits per heavy atom. The molecule has 0 radical (unpaired) electrons. The number of nitrogens with one attached hydrogen (secondary N) is 2. The van der Waals surface area contributed by atoms with Crippen molar-refractivity contribution in [2.24, 2.45) is 0 Å². The first-order chi connectivity index (χ1) is 11.2. The van der Waals surface area contributed by atoms with Gasteiger partial charge in [-0.1, -0.05) is 12.8 Å². The third-order valence-corrected chi connectivity index (χ3v) is 4.71. The van der Waals surface area contributed by atoms with Crippen molar-refractivity contribution in [1.29, 1.82) is 0 Å². The SMILES string of the molecule is O=C(CCNC(=O)c1ccsc1)Nc1ccnn1C1CCCC1. The highest BCUT2D eigenvalue weighted by atomic mass is 32.1. The second-order valence-corrected chi connectivity index (χ2v) is 6.45. The van der Waals surface area contributed by atoms with Gasteiger partial charge in [-0.25, -0.2) is 4.68 Å². The lowest BCUT2D eigenvalue weighted by molar-refractivity contribution is -0.116. The summed E-state index contributed by atoms with van der Waals surface area (Å²) >= 11 is 1.47. The van der Waals surface area contributed by atoms with Crippen LogP contribution in [0.15, 0.2) is 29.1 Å². The van der Waals surface area contributed by atoms with Gasteiger partial charge in [-0.15, -0.1) is 0 Å². The second kappa shape index (κ2) is 7.41. The molecule has 1 aliphatic rings. The zero-order chi connectivity index (χ0) is 16.1. The second-order valence-electron chi connectivity index (χ2n) is 5.67. The Kier molecular flexibility index (Phi) is 5.07. The van der Waals surface area contributed by atoms with Gasteiger partial charge in [0.2, 0.25) is 5.91 Å². The smallest absolute Gasteiger partial charge is 0.252 e. The maximum atomic E-state index is 12.0. The first-order valence-electron chi connectivity index (χ1n) is 7.88. The van der Waals surface area contributed by atoms with Crippen LogP contribution in [0.25, 0.3) is 0 Å². The van der Waals surface area contributed by atoms with Crippen LogP contribution >= 0.6 is 11.3 Å². The van der Waals surface area contributed by atoms with Crippen LogP contribution in [-0.2, 0) is 4.79 Å². The van der Waals surface area contributed by atoms with E-state index in [1.807, 2.05) is 16.1 Å². The third-order valence-electron chi connectivity index (χ3n) is 4.03. The molecule has 2 N–H and O–H groups in total. The van der Waals surface area contributed by atoms with E-state index < -0.39 is 0 Å². The molecule has 0 saturated heterocycles. The summed E-state index contributed by atoms with van der Waals surface area (Å²) in [4.78, 5) is 23.8. The molecule has 0 spiro atoms. The normalized spacial score (nSPS) is 14.8. The summed E-state index contributed by atoms with van der Waals surface area (Å²) in [6, 6.07) is 3.97. The maximum Gasteiger partial charge on any atom is 0.252 e. The maximum absolute atomic E-state index is 12.0.